The molecule has 0 spiro atoms. The largest absolute Gasteiger partial charge is 0.396 e. The van der Waals surface area contributed by atoms with Gasteiger partial charge in [0.1, 0.15) is 5.78 Å². The lowest BCUT2D eigenvalue weighted by atomic mass is 9.44. The predicted molar refractivity (Wildman–Crippen MR) is 130 cm³/mol. The maximum Gasteiger partial charge on any atom is 0.136 e. The Morgan fingerprint density at radius 2 is 1.59 bits per heavy atom. The van der Waals surface area contributed by atoms with Gasteiger partial charge in [-0.1, -0.05) is 34.6 Å². The summed E-state index contributed by atoms with van der Waals surface area (Å²) in [5.41, 5.74) is -0.237. The molecule has 4 rings (SSSR count). The Labute approximate surface area is 205 Å². The zero-order valence-corrected chi connectivity index (χ0v) is 21.7. The number of carbonyl (C=O) groups excluding carboxylic acids is 1. The van der Waals surface area contributed by atoms with Crippen molar-refractivity contribution in [1.82, 2.24) is 0 Å². The molecule has 4 aliphatic carbocycles. The van der Waals surface area contributed by atoms with Crippen LogP contribution in [-0.4, -0.2) is 62.3 Å². The average Bonchev–Trinajstić information content (AvgIpc) is 3.15. The molecule has 5 N–H and O–H groups in total. The van der Waals surface area contributed by atoms with Crippen LogP contribution in [0.2, 0.25) is 0 Å². The summed E-state index contributed by atoms with van der Waals surface area (Å²) < 4.78 is 0. The third-order valence-electron chi connectivity index (χ3n) is 11.8. The van der Waals surface area contributed by atoms with Gasteiger partial charge in [-0.15, -0.1) is 0 Å². The molecule has 196 valence electrons. The Morgan fingerprint density at radius 1 is 0.941 bits per heavy atom. The van der Waals surface area contributed by atoms with Gasteiger partial charge in [-0.05, 0) is 90.8 Å². The molecule has 34 heavy (non-hydrogen) atoms. The van der Waals surface area contributed by atoms with E-state index in [9.17, 15) is 30.3 Å². The molecule has 0 amide bonds. The Bertz CT molecular complexity index is 757. The first-order valence-corrected chi connectivity index (χ1v) is 13.7. The predicted octanol–water partition coefficient (Wildman–Crippen LogP) is 2.78. The van der Waals surface area contributed by atoms with Crippen molar-refractivity contribution in [2.75, 3.05) is 6.61 Å². The van der Waals surface area contributed by atoms with Gasteiger partial charge >= 0.3 is 0 Å². The minimum atomic E-state index is -0.873. The minimum Gasteiger partial charge on any atom is -0.396 e. The Kier molecular flexibility index (Phi) is 7.34. The molecule has 0 heterocycles. The Hall–Kier alpha value is -0.530. The summed E-state index contributed by atoms with van der Waals surface area (Å²) in [6.07, 6.45) is 2.28. The number of rotatable bonds is 6. The number of hydrogen-bond acceptors (Lipinski definition) is 6. The molecule has 14 atom stereocenters. The number of ketones is 1. The molecular weight excluding hydrogens is 432 g/mol. The highest BCUT2D eigenvalue weighted by Gasteiger charge is 2.63. The Balaban J connectivity index is 1.54. The van der Waals surface area contributed by atoms with Crippen LogP contribution in [-0.2, 0) is 4.79 Å². The fraction of sp³-hybridized carbons (Fsp3) is 0.964. The maximum absolute atomic E-state index is 13.3. The van der Waals surface area contributed by atoms with E-state index in [2.05, 4.69) is 20.8 Å². The van der Waals surface area contributed by atoms with Crippen LogP contribution in [0.5, 0.6) is 0 Å². The molecule has 0 aromatic carbocycles. The number of aliphatic hydroxyl groups excluding tert-OH is 5. The number of aliphatic hydroxyl groups is 5. The van der Waals surface area contributed by atoms with Crippen molar-refractivity contribution in [3.05, 3.63) is 0 Å². The summed E-state index contributed by atoms with van der Waals surface area (Å²) in [7, 11) is 0. The van der Waals surface area contributed by atoms with Crippen LogP contribution in [0, 0.1) is 58.2 Å². The second-order valence-electron chi connectivity index (χ2n) is 13.3. The Morgan fingerprint density at radius 3 is 2.24 bits per heavy atom. The summed E-state index contributed by atoms with van der Waals surface area (Å²) in [5.74, 6) is 1.13. The van der Waals surface area contributed by atoms with Gasteiger partial charge in [0.05, 0.1) is 24.4 Å². The molecule has 6 nitrogen and oxygen atoms in total. The lowest BCUT2D eigenvalue weighted by molar-refractivity contribution is -0.175. The molecule has 1 unspecified atom stereocenters. The van der Waals surface area contributed by atoms with Gasteiger partial charge < -0.3 is 25.5 Å². The standard InChI is InChI=1S/C28H48O6/c1-14(13-29)15(2)25(33)26(34)16(3)18-6-7-19-17-10-22(30)21-11-23(31)24(32)12-28(21,5)20(17)8-9-27(18,19)4/h14-21,23-26,29,31-34H,6-13H2,1-5H3/t14?,15-,16-,17-,18-,19-,20-,21+,23-,24+,25+,26+,27-,28+/m0/s1. The molecule has 0 bridgehead atoms. The molecule has 4 saturated carbocycles. The fourth-order valence-electron chi connectivity index (χ4n) is 9.34. The molecule has 6 heteroatoms. The van der Waals surface area contributed by atoms with Crippen LogP contribution < -0.4 is 0 Å². The van der Waals surface area contributed by atoms with E-state index in [1.165, 1.54) is 0 Å². The van der Waals surface area contributed by atoms with E-state index in [-0.39, 0.29) is 52.8 Å². The minimum absolute atomic E-state index is 0.00880. The van der Waals surface area contributed by atoms with E-state index in [1.807, 2.05) is 13.8 Å². The number of carbonyl (C=O) groups is 1. The van der Waals surface area contributed by atoms with E-state index < -0.39 is 24.4 Å². The molecule has 4 aliphatic rings. The first kappa shape index (κ1) is 26.5. The second-order valence-corrected chi connectivity index (χ2v) is 13.3. The lowest BCUT2D eigenvalue weighted by Crippen LogP contribution is -2.59. The van der Waals surface area contributed by atoms with Gasteiger partial charge in [-0.2, -0.15) is 0 Å². The monoisotopic (exact) mass is 480 g/mol. The van der Waals surface area contributed by atoms with E-state index >= 15 is 0 Å². The van der Waals surface area contributed by atoms with Crippen LogP contribution in [0.4, 0.5) is 0 Å². The summed E-state index contributed by atoms with van der Waals surface area (Å²) >= 11 is 0. The third kappa shape index (κ3) is 4.00. The maximum atomic E-state index is 13.3. The molecule has 0 aromatic heterocycles. The number of hydrogen-bond donors (Lipinski definition) is 5. The molecular formula is C28H48O6. The lowest BCUT2D eigenvalue weighted by Gasteiger charge is -2.61. The highest BCUT2D eigenvalue weighted by Crippen LogP contribution is 2.67. The first-order valence-electron chi connectivity index (χ1n) is 13.7. The number of fused-ring (bicyclic) bond motifs is 5. The van der Waals surface area contributed by atoms with E-state index in [1.54, 1.807) is 0 Å². The third-order valence-corrected chi connectivity index (χ3v) is 11.8. The highest BCUT2D eigenvalue weighted by atomic mass is 16.3. The number of Topliss-reactive ketones (excluding diaryl/α,β-unsaturated/α-hetero) is 1. The molecule has 4 fully saturated rings. The normalized spacial score (nSPS) is 48.8. The molecule has 0 radical (unpaired) electrons. The van der Waals surface area contributed by atoms with Gasteiger partial charge in [-0.3, -0.25) is 4.79 Å². The smallest absolute Gasteiger partial charge is 0.136 e. The van der Waals surface area contributed by atoms with Crippen molar-refractivity contribution in [3.8, 4) is 0 Å². The summed E-state index contributed by atoms with van der Waals surface area (Å²) in [6, 6.07) is 0. The van der Waals surface area contributed by atoms with E-state index in [4.69, 9.17) is 0 Å². The van der Waals surface area contributed by atoms with E-state index in [0.717, 1.165) is 25.7 Å². The highest BCUT2D eigenvalue weighted by molar-refractivity contribution is 5.83. The van der Waals surface area contributed by atoms with Crippen molar-refractivity contribution in [2.24, 2.45) is 58.2 Å². The summed E-state index contributed by atoms with van der Waals surface area (Å²) in [6.45, 7) is 10.4. The summed E-state index contributed by atoms with van der Waals surface area (Å²) in [4.78, 5) is 13.3. The van der Waals surface area contributed by atoms with Gasteiger partial charge in [0.25, 0.3) is 0 Å². The fourth-order valence-corrected chi connectivity index (χ4v) is 9.34. The zero-order chi connectivity index (χ0) is 25.2. The molecule has 0 saturated heterocycles. The van der Waals surface area contributed by atoms with Crippen LogP contribution >= 0.6 is 0 Å². The quantitative estimate of drug-likeness (QED) is 0.399. The van der Waals surface area contributed by atoms with Crippen molar-refractivity contribution in [1.29, 1.82) is 0 Å². The van der Waals surface area contributed by atoms with Crippen LogP contribution in [0.3, 0.4) is 0 Å². The van der Waals surface area contributed by atoms with Crippen LogP contribution in [0.15, 0.2) is 0 Å². The average molecular weight is 481 g/mol. The van der Waals surface area contributed by atoms with Crippen molar-refractivity contribution in [3.63, 3.8) is 0 Å². The zero-order valence-electron chi connectivity index (χ0n) is 21.7. The van der Waals surface area contributed by atoms with Crippen molar-refractivity contribution >= 4 is 5.78 Å². The van der Waals surface area contributed by atoms with Gasteiger partial charge in [0.15, 0.2) is 0 Å². The SMILES string of the molecule is CC(CO)[C@H](C)[C@@H](O)[C@H](O)[C@@H](C)[C@@H]1CC[C@H]2[C@@H]3CC(=O)[C@H]4C[C@H](O)[C@H](O)C[C@]4(C)[C@H]3CC[C@@]12C. The van der Waals surface area contributed by atoms with Crippen LogP contribution in [0.25, 0.3) is 0 Å². The van der Waals surface area contributed by atoms with Crippen LogP contribution in [0.1, 0.15) is 79.6 Å². The van der Waals surface area contributed by atoms with Crippen molar-refractivity contribution in [2.45, 2.75) is 104 Å². The first-order chi connectivity index (χ1) is 15.9. The van der Waals surface area contributed by atoms with Crippen molar-refractivity contribution < 1.29 is 30.3 Å². The molecule has 0 aromatic rings. The summed E-state index contributed by atoms with van der Waals surface area (Å²) in [5, 5.41) is 52.3. The van der Waals surface area contributed by atoms with E-state index in [0.29, 0.717) is 37.0 Å². The topological polar surface area (TPSA) is 118 Å². The second kappa shape index (κ2) is 9.41. The molecule has 0 aliphatic heterocycles. The van der Waals surface area contributed by atoms with Gasteiger partial charge in [0.2, 0.25) is 0 Å². The van der Waals surface area contributed by atoms with Gasteiger partial charge in [0, 0.05) is 18.9 Å². The van der Waals surface area contributed by atoms with Gasteiger partial charge in [-0.25, -0.2) is 0 Å².